The molecule has 0 bridgehead atoms. The first-order valence-electron chi connectivity index (χ1n) is 6.53. The SMILES string of the molecule is CCOC(=O)c1oc(CCC(C)(C)C)nc1CC. The van der Waals surface area contributed by atoms with Gasteiger partial charge in [0.15, 0.2) is 5.89 Å². The fourth-order valence-electron chi connectivity index (χ4n) is 1.59. The molecule has 1 heterocycles. The minimum Gasteiger partial charge on any atom is -0.460 e. The minimum atomic E-state index is -0.413. The van der Waals surface area contributed by atoms with Crippen LogP contribution < -0.4 is 0 Å². The number of nitrogens with zero attached hydrogens (tertiary/aromatic N) is 1. The van der Waals surface area contributed by atoms with E-state index < -0.39 is 5.97 Å². The highest BCUT2D eigenvalue weighted by Crippen LogP contribution is 2.22. The lowest BCUT2D eigenvalue weighted by Crippen LogP contribution is -2.06. The fraction of sp³-hybridized carbons (Fsp3) is 0.714. The van der Waals surface area contributed by atoms with Crippen molar-refractivity contribution < 1.29 is 13.9 Å². The molecule has 0 radical (unpaired) electrons. The van der Waals surface area contributed by atoms with E-state index in [1.807, 2.05) is 6.92 Å². The molecule has 1 aromatic rings. The average Bonchev–Trinajstić information content (AvgIpc) is 2.69. The Labute approximate surface area is 109 Å². The second-order valence-corrected chi connectivity index (χ2v) is 5.52. The van der Waals surface area contributed by atoms with Gasteiger partial charge >= 0.3 is 5.97 Å². The highest BCUT2D eigenvalue weighted by atomic mass is 16.5. The molecule has 4 heteroatoms. The van der Waals surface area contributed by atoms with Gasteiger partial charge in [0.1, 0.15) is 0 Å². The second-order valence-electron chi connectivity index (χ2n) is 5.52. The largest absolute Gasteiger partial charge is 0.460 e. The lowest BCUT2D eigenvalue weighted by molar-refractivity contribution is 0.0486. The van der Waals surface area contributed by atoms with Crippen LogP contribution >= 0.6 is 0 Å². The van der Waals surface area contributed by atoms with E-state index in [9.17, 15) is 4.79 Å². The first-order valence-corrected chi connectivity index (χ1v) is 6.53. The van der Waals surface area contributed by atoms with Crippen LogP contribution in [0.2, 0.25) is 0 Å². The molecule has 102 valence electrons. The second kappa shape index (κ2) is 6.03. The molecule has 4 nitrogen and oxygen atoms in total. The number of carbonyl (C=O) groups excluding carboxylic acids is 1. The molecule has 0 spiro atoms. The Morgan fingerprint density at radius 3 is 2.50 bits per heavy atom. The fourth-order valence-corrected chi connectivity index (χ4v) is 1.59. The van der Waals surface area contributed by atoms with E-state index in [0.717, 1.165) is 12.8 Å². The standard InChI is InChI=1S/C14H23NO3/c1-6-10-12(13(16)17-7-2)18-11(15-10)8-9-14(3,4)5/h6-9H2,1-5H3. The zero-order valence-electron chi connectivity index (χ0n) is 12.0. The number of rotatable bonds is 5. The third kappa shape index (κ3) is 4.17. The van der Waals surface area contributed by atoms with Gasteiger partial charge in [0, 0.05) is 6.42 Å². The number of ether oxygens (including phenoxy) is 1. The number of carbonyl (C=O) groups is 1. The summed E-state index contributed by atoms with van der Waals surface area (Å²) in [6.45, 7) is 10.6. The van der Waals surface area contributed by atoms with Crippen molar-refractivity contribution >= 4 is 5.97 Å². The highest BCUT2D eigenvalue weighted by molar-refractivity contribution is 5.87. The van der Waals surface area contributed by atoms with Crippen LogP contribution in [-0.4, -0.2) is 17.6 Å². The van der Waals surface area contributed by atoms with Crippen LogP contribution in [0.25, 0.3) is 0 Å². The number of hydrogen-bond donors (Lipinski definition) is 0. The van der Waals surface area contributed by atoms with Gasteiger partial charge in [-0.05, 0) is 25.2 Å². The number of oxazole rings is 1. The van der Waals surface area contributed by atoms with E-state index in [2.05, 4.69) is 25.8 Å². The molecule has 18 heavy (non-hydrogen) atoms. The summed E-state index contributed by atoms with van der Waals surface area (Å²) in [4.78, 5) is 16.1. The van der Waals surface area contributed by atoms with Crippen molar-refractivity contribution in [2.24, 2.45) is 5.41 Å². The molecule has 0 unspecified atom stereocenters. The Kier molecular flexibility index (Phi) is 4.93. The summed E-state index contributed by atoms with van der Waals surface area (Å²) < 4.78 is 10.5. The topological polar surface area (TPSA) is 52.3 Å². The van der Waals surface area contributed by atoms with Crippen molar-refractivity contribution in [1.29, 1.82) is 0 Å². The normalized spacial score (nSPS) is 11.6. The zero-order chi connectivity index (χ0) is 13.8. The van der Waals surface area contributed by atoms with Crippen molar-refractivity contribution in [2.45, 2.75) is 53.9 Å². The number of esters is 1. The van der Waals surface area contributed by atoms with E-state index in [0.29, 0.717) is 24.6 Å². The first-order chi connectivity index (χ1) is 8.37. The van der Waals surface area contributed by atoms with E-state index in [1.165, 1.54) is 0 Å². The van der Waals surface area contributed by atoms with Crippen LogP contribution in [0.3, 0.4) is 0 Å². The summed E-state index contributed by atoms with van der Waals surface area (Å²) in [6, 6.07) is 0. The molecule has 0 aliphatic rings. The molecular weight excluding hydrogens is 230 g/mol. The average molecular weight is 253 g/mol. The van der Waals surface area contributed by atoms with Gasteiger partial charge in [-0.25, -0.2) is 9.78 Å². The number of aromatic nitrogens is 1. The summed E-state index contributed by atoms with van der Waals surface area (Å²) >= 11 is 0. The predicted molar refractivity (Wildman–Crippen MR) is 69.6 cm³/mol. The van der Waals surface area contributed by atoms with E-state index in [-0.39, 0.29) is 11.2 Å². The van der Waals surface area contributed by atoms with Crippen LogP contribution in [0.1, 0.15) is 63.2 Å². The van der Waals surface area contributed by atoms with Gasteiger partial charge in [-0.2, -0.15) is 0 Å². The van der Waals surface area contributed by atoms with Crippen molar-refractivity contribution in [3.05, 3.63) is 17.3 Å². The molecule has 0 aliphatic carbocycles. The minimum absolute atomic E-state index is 0.227. The Morgan fingerprint density at radius 2 is 2.00 bits per heavy atom. The predicted octanol–water partition coefficient (Wildman–Crippen LogP) is 3.39. The van der Waals surface area contributed by atoms with Gasteiger partial charge < -0.3 is 9.15 Å². The molecular formula is C14H23NO3. The molecule has 0 N–H and O–H groups in total. The van der Waals surface area contributed by atoms with Crippen molar-refractivity contribution in [3.8, 4) is 0 Å². The summed E-state index contributed by atoms with van der Waals surface area (Å²) in [5.41, 5.74) is 0.919. The molecule has 1 rings (SSSR count). The van der Waals surface area contributed by atoms with Crippen molar-refractivity contribution in [3.63, 3.8) is 0 Å². The lowest BCUT2D eigenvalue weighted by atomic mass is 9.91. The van der Waals surface area contributed by atoms with Crippen LogP contribution in [0.5, 0.6) is 0 Å². The van der Waals surface area contributed by atoms with Gasteiger partial charge in [-0.1, -0.05) is 27.7 Å². The Bertz CT molecular complexity index is 402. The Morgan fingerprint density at radius 1 is 1.33 bits per heavy atom. The molecule has 0 aliphatic heterocycles. The summed E-state index contributed by atoms with van der Waals surface area (Å²) in [6.07, 6.45) is 2.39. The smallest absolute Gasteiger partial charge is 0.376 e. The van der Waals surface area contributed by atoms with Gasteiger partial charge in [0.05, 0.1) is 12.3 Å². The molecule has 0 atom stereocenters. The van der Waals surface area contributed by atoms with Crippen LogP contribution in [0, 0.1) is 5.41 Å². The van der Waals surface area contributed by atoms with E-state index in [4.69, 9.17) is 9.15 Å². The molecule has 0 aromatic carbocycles. The molecule has 0 fully saturated rings. The summed E-state index contributed by atoms with van der Waals surface area (Å²) in [7, 11) is 0. The first kappa shape index (κ1) is 14.7. The Balaban J connectivity index is 2.80. The lowest BCUT2D eigenvalue weighted by Gasteiger charge is -2.15. The molecule has 0 amide bonds. The maximum atomic E-state index is 11.7. The monoisotopic (exact) mass is 253 g/mol. The van der Waals surface area contributed by atoms with Crippen LogP contribution in [0.15, 0.2) is 4.42 Å². The third-order valence-corrected chi connectivity index (χ3v) is 2.63. The zero-order valence-corrected chi connectivity index (χ0v) is 12.0. The van der Waals surface area contributed by atoms with Crippen molar-refractivity contribution in [1.82, 2.24) is 4.98 Å². The maximum absolute atomic E-state index is 11.7. The van der Waals surface area contributed by atoms with E-state index in [1.54, 1.807) is 6.92 Å². The third-order valence-electron chi connectivity index (χ3n) is 2.63. The van der Waals surface area contributed by atoms with Gasteiger partial charge in [0.25, 0.3) is 0 Å². The summed E-state index contributed by atoms with van der Waals surface area (Å²) in [5.74, 6) is 0.483. The maximum Gasteiger partial charge on any atom is 0.376 e. The number of aryl methyl sites for hydroxylation is 2. The van der Waals surface area contributed by atoms with Crippen LogP contribution in [-0.2, 0) is 17.6 Å². The van der Waals surface area contributed by atoms with Gasteiger partial charge in [-0.15, -0.1) is 0 Å². The quantitative estimate of drug-likeness (QED) is 0.755. The molecule has 0 saturated carbocycles. The molecule has 1 aromatic heterocycles. The van der Waals surface area contributed by atoms with Gasteiger partial charge in [-0.3, -0.25) is 0 Å². The van der Waals surface area contributed by atoms with E-state index >= 15 is 0 Å². The number of hydrogen-bond acceptors (Lipinski definition) is 4. The van der Waals surface area contributed by atoms with Crippen molar-refractivity contribution in [2.75, 3.05) is 6.61 Å². The van der Waals surface area contributed by atoms with Crippen LogP contribution in [0.4, 0.5) is 0 Å². The Hall–Kier alpha value is -1.32. The van der Waals surface area contributed by atoms with Gasteiger partial charge in [0.2, 0.25) is 5.76 Å². The summed E-state index contributed by atoms with van der Waals surface area (Å²) in [5, 5.41) is 0. The molecule has 0 saturated heterocycles. The highest BCUT2D eigenvalue weighted by Gasteiger charge is 2.21.